The van der Waals surface area contributed by atoms with Gasteiger partial charge in [-0.3, -0.25) is 4.79 Å². The number of halogens is 1. The van der Waals surface area contributed by atoms with Crippen molar-refractivity contribution in [2.75, 3.05) is 17.5 Å². The van der Waals surface area contributed by atoms with Gasteiger partial charge >= 0.3 is 0 Å². The van der Waals surface area contributed by atoms with Gasteiger partial charge in [0.1, 0.15) is 0 Å². The van der Waals surface area contributed by atoms with Crippen molar-refractivity contribution in [1.29, 1.82) is 0 Å². The van der Waals surface area contributed by atoms with Gasteiger partial charge in [-0.2, -0.15) is 0 Å². The van der Waals surface area contributed by atoms with E-state index in [1.807, 2.05) is 0 Å². The maximum absolute atomic E-state index is 11.0. The number of carbonyl (C=O) groups is 1. The number of amides is 1. The monoisotopic (exact) mass is 269 g/mol. The first kappa shape index (κ1) is 9.25. The van der Waals surface area contributed by atoms with E-state index in [1.54, 1.807) is 4.90 Å². The van der Waals surface area contributed by atoms with Crippen molar-refractivity contribution in [2.24, 2.45) is 0 Å². The van der Waals surface area contributed by atoms with Crippen LogP contribution in [0.2, 0.25) is 0 Å². The van der Waals surface area contributed by atoms with Crippen LogP contribution in [0.4, 0.5) is 0 Å². The largest absolute Gasteiger partial charge is 0.390 e. The minimum atomic E-state index is -0.349. The molecule has 0 saturated carbocycles. The molecule has 11 heavy (non-hydrogen) atoms. The van der Waals surface area contributed by atoms with Crippen LogP contribution in [0.1, 0.15) is 12.8 Å². The van der Waals surface area contributed by atoms with E-state index in [9.17, 15) is 9.90 Å². The molecular formula is C7H12INO2. The van der Waals surface area contributed by atoms with Crippen LogP contribution in [0, 0.1) is 0 Å². The van der Waals surface area contributed by atoms with Crippen LogP contribution in [0.25, 0.3) is 0 Å². The highest BCUT2D eigenvalue weighted by atomic mass is 127. The molecule has 3 nitrogen and oxygen atoms in total. The number of β-amino-alcohol motifs (C(OH)–C–C–N with tert-alkyl or cyclic N) is 1. The van der Waals surface area contributed by atoms with E-state index in [-0.39, 0.29) is 12.0 Å². The number of alkyl halides is 1. The second kappa shape index (κ2) is 4.25. The van der Waals surface area contributed by atoms with Crippen LogP contribution in [-0.2, 0) is 4.79 Å². The Morgan fingerprint density at radius 3 is 2.91 bits per heavy atom. The predicted molar refractivity (Wildman–Crippen MR) is 50.7 cm³/mol. The summed E-state index contributed by atoms with van der Waals surface area (Å²) in [4.78, 5) is 12.8. The second-order valence-corrected chi connectivity index (χ2v) is 3.63. The van der Waals surface area contributed by atoms with Gasteiger partial charge < -0.3 is 10.0 Å². The van der Waals surface area contributed by atoms with Crippen LogP contribution in [0.3, 0.4) is 0 Å². The summed E-state index contributed by atoms with van der Waals surface area (Å²) in [5.74, 6) is 0.189. The molecule has 64 valence electrons. The lowest BCUT2D eigenvalue weighted by atomic mass is 10.4. The molecule has 4 heteroatoms. The van der Waals surface area contributed by atoms with Gasteiger partial charge in [0.15, 0.2) is 0 Å². The van der Waals surface area contributed by atoms with Crippen LogP contribution >= 0.6 is 22.6 Å². The van der Waals surface area contributed by atoms with Crippen molar-refractivity contribution in [3.8, 4) is 0 Å². The maximum atomic E-state index is 11.0. The number of rotatable bonds is 3. The zero-order valence-corrected chi connectivity index (χ0v) is 8.45. The zero-order valence-electron chi connectivity index (χ0n) is 6.29. The molecule has 0 radical (unpaired) electrons. The Hall–Kier alpha value is 0.160. The second-order valence-electron chi connectivity index (χ2n) is 2.75. The summed E-state index contributed by atoms with van der Waals surface area (Å²) in [6.45, 7) is 1.34. The minimum Gasteiger partial charge on any atom is -0.390 e. The molecule has 0 aliphatic carbocycles. The Kier molecular flexibility index (Phi) is 3.58. The average molecular weight is 269 g/mol. The SMILES string of the molecule is O=C1CCCN1CC(O)CI. The van der Waals surface area contributed by atoms with E-state index in [0.29, 0.717) is 17.4 Å². The van der Waals surface area contributed by atoms with Gasteiger partial charge in [0.05, 0.1) is 6.10 Å². The van der Waals surface area contributed by atoms with Crippen molar-refractivity contribution >= 4 is 28.5 Å². The number of carbonyl (C=O) groups excluding carboxylic acids is 1. The van der Waals surface area contributed by atoms with Crippen molar-refractivity contribution in [1.82, 2.24) is 4.90 Å². The number of hydrogen-bond acceptors (Lipinski definition) is 2. The zero-order chi connectivity index (χ0) is 8.27. The van der Waals surface area contributed by atoms with E-state index >= 15 is 0 Å². The lowest BCUT2D eigenvalue weighted by Crippen LogP contribution is -2.33. The molecule has 0 aromatic rings. The van der Waals surface area contributed by atoms with Crippen LogP contribution < -0.4 is 0 Å². The minimum absolute atomic E-state index is 0.189. The summed E-state index contributed by atoms with van der Waals surface area (Å²) in [7, 11) is 0. The van der Waals surface area contributed by atoms with Gasteiger partial charge in [-0.15, -0.1) is 0 Å². The Morgan fingerprint density at radius 1 is 1.73 bits per heavy atom. The first-order chi connectivity index (χ1) is 5.24. The molecule has 1 rings (SSSR count). The molecular weight excluding hydrogens is 257 g/mol. The topological polar surface area (TPSA) is 40.5 Å². The number of likely N-dealkylation sites (tertiary alicyclic amines) is 1. The molecule has 1 saturated heterocycles. The lowest BCUT2D eigenvalue weighted by molar-refractivity contribution is -0.128. The summed E-state index contributed by atoms with van der Waals surface area (Å²) in [6.07, 6.45) is 1.26. The smallest absolute Gasteiger partial charge is 0.222 e. The number of nitrogens with zero attached hydrogens (tertiary/aromatic N) is 1. The molecule has 1 atom stereocenters. The Balaban J connectivity index is 2.30. The van der Waals surface area contributed by atoms with E-state index in [4.69, 9.17) is 0 Å². The van der Waals surface area contributed by atoms with Crippen molar-refractivity contribution in [3.05, 3.63) is 0 Å². The summed E-state index contributed by atoms with van der Waals surface area (Å²) in [6, 6.07) is 0. The van der Waals surface area contributed by atoms with Crippen molar-refractivity contribution in [3.63, 3.8) is 0 Å². The highest BCUT2D eigenvalue weighted by Crippen LogP contribution is 2.10. The van der Waals surface area contributed by atoms with Crippen LogP contribution in [-0.4, -0.2) is 39.5 Å². The average Bonchev–Trinajstić information content (AvgIpc) is 2.37. The Morgan fingerprint density at radius 2 is 2.45 bits per heavy atom. The quantitative estimate of drug-likeness (QED) is 0.595. The molecule has 0 aromatic carbocycles. The third kappa shape index (κ3) is 2.59. The molecule has 1 aliphatic rings. The summed E-state index contributed by atoms with van der Waals surface area (Å²) < 4.78 is 0.696. The predicted octanol–water partition coefficient (Wildman–Crippen LogP) is 0.405. The van der Waals surface area contributed by atoms with Crippen LogP contribution in [0.5, 0.6) is 0 Å². The molecule has 1 aliphatic heterocycles. The molecule has 1 unspecified atom stereocenters. The highest BCUT2D eigenvalue weighted by Gasteiger charge is 2.21. The van der Waals surface area contributed by atoms with Gasteiger partial charge in [-0.1, -0.05) is 22.6 Å². The van der Waals surface area contributed by atoms with Crippen molar-refractivity contribution < 1.29 is 9.90 Å². The number of aliphatic hydroxyl groups is 1. The molecule has 1 amide bonds. The van der Waals surface area contributed by atoms with Crippen molar-refractivity contribution in [2.45, 2.75) is 18.9 Å². The van der Waals surface area contributed by atoms with E-state index in [1.165, 1.54) is 0 Å². The van der Waals surface area contributed by atoms with Gasteiger partial charge in [0.2, 0.25) is 5.91 Å². The Bertz CT molecular complexity index is 151. The fourth-order valence-corrected chi connectivity index (χ4v) is 1.48. The first-order valence-corrected chi connectivity index (χ1v) is 5.28. The maximum Gasteiger partial charge on any atom is 0.222 e. The van der Waals surface area contributed by atoms with Gasteiger partial charge in [-0.05, 0) is 6.42 Å². The molecule has 1 N–H and O–H groups in total. The fraction of sp³-hybridized carbons (Fsp3) is 0.857. The normalized spacial score (nSPS) is 20.9. The van der Waals surface area contributed by atoms with E-state index in [2.05, 4.69) is 22.6 Å². The molecule has 0 spiro atoms. The third-order valence-corrected chi connectivity index (χ3v) is 2.80. The third-order valence-electron chi connectivity index (χ3n) is 1.78. The number of hydrogen-bond donors (Lipinski definition) is 1. The molecule has 1 fully saturated rings. The van der Waals surface area contributed by atoms with Gasteiger partial charge in [0, 0.05) is 23.9 Å². The fourth-order valence-electron chi connectivity index (χ4n) is 1.20. The van der Waals surface area contributed by atoms with E-state index < -0.39 is 0 Å². The molecule has 0 aromatic heterocycles. The first-order valence-electron chi connectivity index (χ1n) is 3.76. The Labute approximate surface area is 79.9 Å². The van der Waals surface area contributed by atoms with Gasteiger partial charge in [0.25, 0.3) is 0 Å². The lowest BCUT2D eigenvalue weighted by Gasteiger charge is -2.17. The summed E-state index contributed by atoms with van der Waals surface area (Å²) >= 11 is 2.12. The van der Waals surface area contributed by atoms with E-state index in [0.717, 1.165) is 13.0 Å². The highest BCUT2D eigenvalue weighted by molar-refractivity contribution is 14.1. The standard InChI is InChI=1S/C7H12INO2/c8-4-6(10)5-9-3-1-2-7(9)11/h6,10H,1-5H2. The summed E-state index contributed by atoms with van der Waals surface area (Å²) in [5.41, 5.74) is 0. The molecule has 0 bridgehead atoms. The summed E-state index contributed by atoms with van der Waals surface area (Å²) in [5, 5.41) is 9.23. The molecule has 1 heterocycles. The number of aliphatic hydroxyl groups excluding tert-OH is 1. The van der Waals surface area contributed by atoms with Gasteiger partial charge in [-0.25, -0.2) is 0 Å². The van der Waals surface area contributed by atoms with Crippen LogP contribution in [0.15, 0.2) is 0 Å².